The summed E-state index contributed by atoms with van der Waals surface area (Å²) in [6.07, 6.45) is 2.38. The van der Waals surface area contributed by atoms with Gasteiger partial charge in [0.25, 0.3) is 5.56 Å². The lowest BCUT2D eigenvalue weighted by atomic mass is 10.2. The van der Waals surface area contributed by atoms with Gasteiger partial charge in [0.2, 0.25) is 5.91 Å². The predicted octanol–water partition coefficient (Wildman–Crippen LogP) is 1.61. The highest BCUT2D eigenvalue weighted by Crippen LogP contribution is 2.05. The van der Waals surface area contributed by atoms with Gasteiger partial charge in [0.05, 0.1) is 5.39 Å². The van der Waals surface area contributed by atoms with E-state index in [0.29, 0.717) is 29.7 Å². The van der Waals surface area contributed by atoms with Crippen molar-refractivity contribution in [1.82, 2.24) is 20.0 Å². The first-order chi connectivity index (χ1) is 11.2. The quantitative estimate of drug-likeness (QED) is 0.773. The van der Waals surface area contributed by atoms with Gasteiger partial charge < -0.3 is 5.32 Å². The van der Waals surface area contributed by atoms with Crippen LogP contribution in [0.3, 0.4) is 0 Å². The molecule has 0 spiro atoms. The molecule has 2 heterocycles. The Bertz CT molecular complexity index is 876. The van der Waals surface area contributed by atoms with E-state index in [9.17, 15) is 9.59 Å². The number of amides is 1. The molecule has 7 nitrogen and oxygen atoms in total. The zero-order valence-corrected chi connectivity index (χ0v) is 12.3. The summed E-state index contributed by atoms with van der Waals surface area (Å²) in [6, 6.07) is 12.4. The number of fused-ring (bicyclic) bond motifs is 1. The van der Waals surface area contributed by atoms with Crippen molar-refractivity contribution < 1.29 is 4.79 Å². The van der Waals surface area contributed by atoms with Gasteiger partial charge in [0, 0.05) is 19.2 Å². The molecule has 3 rings (SSSR count). The van der Waals surface area contributed by atoms with Crippen LogP contribution >= 0.6 is 0 Å². The van der Waals surface area contributed by atoms with Gasteiger partial charge in [-0.15, -0.1) is 5.10 Å². The maximum Gasteiger partial charge on any atom is 0.277 e. The average molecular weight is 309 g/mol. The maximum absolute atomic E-state index is 12.2. The minimum atomic E-state index is -0.194. The highest BCUT2D eigenvalue weighted by atomic mass is 16.1. The molecule has 0 saturated heterocycles. The number of anilines is 1. The van der Waals surface area contributed by atoms with Crippen molar-refractivity contribution in [2.24, 2.45) is 0 Å². The van der Waals surface area contributed by atoms with Crippen LogP contribution in [-0.2, 0) is 11.3 Å². The predicted molar refractivity (Wildman–Crippen MR) is 85.9 cm³/mol. The van der Waals surface area contributed by atoms with Crippen molar-refractivity contribution in [3.8, 4) is 0 Å². The van der Waals surface area contributed by atoms with Crippen molar-refractivity contribution in [3.63, 3.8) is 0 Å². The second-order valence-corrected chi connectivity index (χ2v) is 5.00. The SMILES string of the molecule is O=C(CCCn1nnc2ccccc2c1=O)Nc1ccccn1. The minimum absolute atomic E-state index is 0.148. The monoisotopic (exact) mass is 309 g/mol. The van der Waals surface area contributed by atoms with Crippen molar-refractivity contribution in [2.75, 3.05) is 5.32 Å². The molecule has 0 atom stereocenters. The van der Waals surface area contributed by atoms with Crippen LogP contribution in [0.25, 0.3) is 10.9 Å². The summed E-state index contributed by atoms with van der Waals surface area (Å²) in [5.41, 5.74) is 0.377. The third-order valence-corrected chi connectivity index (χ3v) is 3.34. The van der Waals surface area contributed by atoms with Gasteiger partial charge in [-0.05, 0) is 30.7 Å². The molecular weight excluding hydrogens is 294 g/mol. The first-order valence-electron chi connectivity index (χ1n) is 7.27. The van der Waals surface area contributed by atoms with E-state index < -0.39 is 0 Å². The van der Waals surface area contributed by atoms with Crippen LogP contribution < -0.4 is 10.9 Å². The molecule has 23 heavy (non-hydrogen) atoms. The van der Waals surface area contributed by atoms with Crippen LogP contribution in [0.1, 0.15) is 12.8 Å². The van der Waals surface area contributed by atoms with Crippen LogP contribution in [0.4, 0.5) is 5.82 Å². The van der Waals surface area contributed by atoms with Gasteiger partial charge in [0.15, 0.2) is 0 Å². The average Bonchev–Trinajstić information content (AvgIpc) is 2.58. The molecule has 1 aromatic carbocycles. The molecule has 0 bridgehead atoms. The van der Waals surface area contributed by atoms with E-state index in [4.69, 9.17) is 0 Å². The van der Waals surface area contributed by atoms with Crippen molar-refractivity contribution in [2.45, 2.75) is 19.4 Å². The number of aryl methyl sites for hydroxylation is 1. The van der Waals surface area contributed by atoms with Crippen LogP contribution in [0.2, 0.25) is 0 Å². The first kappa shape index (κ1) is 14.8. The Kier molecular flexibility index (Phi) is 4.37. The smallest absolute Gasteiger partial charge is 0.277 e. The van der Waals surface area contributed by atoms with Crippen LogP contribution in [0.15, 0.2) is 53.5 Å². The van der Waals surface area contributed by atoms with Gasteiger partial charge >= 0.3 is 0 Å². The number of hydrogen-bond acceptors (Lipinski definition) is 5. The standard InChI is InChI=1S/C16H15N5O2/c22-15(18-14-8-3-4-10-17-14)9-5-11-21-16(23)12-6-1-2-7-13(12)19-20-21/h1-4,6-8,10H,5,9,11H2,(H,17,18,22). The van der Waals surface area contributed by atoms with Gasteiger partial charge in [-0.1, -0.05) is 23.4 Å². The van der Waals surface area contributed by atoms with E-state index in [1.54, 1.807) is 42.6 Å². The van der Waals surface area contributed by atoms with Crippen LogP contribution in [0.5, 0.6) is 0 Å². The molecule has 116 valence electrons. The van der Waals surface area contributed by atoms with E-state index in [1.165, 1.54) is 4.68 Å². The Morgan fingerprint density at radius 1 is 1.13 bits per heavy atom. The second kappa shape index (κ2) is 6.78. The summed E-state index contributed by atoms with van der Waals surface area (Å²) in [7, 11) is 0. The fraction of sp³-hybridized carbons (Fsp3) is 0.188. The molecule has 0 fully saturated rings. The van der Waals surface area contributed by atoms with E-state index in [-0.39, 0.29) is 17.9 Å². The van der Waals surface area contributed by atoms with Gasteiger partial charge in [-0.3, -0.25) is 9.59 Å². The molecule has 0 aliphatic rings. The third kappa shape index (κ3) is 3.57. The highest BCUT2D eigenvalue weighted by Gasteiger charge is 2.07. The van der Waals surface area contributed by atoms with Gasteiger partial charge in [0.1, 0.15) is 11.3 Å². The summed E-state index contributed by atoms with van der Waals surface area (Å²) in [6.45, 7) is 0.340. The number of hydrogen-bond donors (Lipinski definition) is 1. The molecule has 2 aromatic heterocycles. The van der Waals surface area contributed by atoms with Crippen LogP contribution in [-0.4, -0.2) is 25.9 Å². The van der Waals surface area contributed by atoms with Gasteiger partial charge in [-0.2, -0.15) is 0 Å². The Morgan fingerprint density at radius 2 is 1.96 bits per heavy atom. The fourth-order valence-corrected chi connectivity index (χ4v) is 2.20. The number of carbonyl (C=O) groups excluding carboxylic acids is 1. The second-order valence-electron chi connectivity index (χ2n) is 5.00. The Hall–Kier alpha value is -3.09. The molecule has 0 unspecified atom stereocenters. The summed E-state index contributed by atoms with van der Waals surface area (Å²) in [5.74, 6) is 0.366. The molecular formula is C16H15N5O2. The largest absolute Gasteiger partial charge is 0.311 e. The normalized spacial score (nSPS) is 10.6. The molecule has 0 radical (unpaired) electrons. The highest BCUT2D eigenvalue weighted by molar-refractivity contribution is 5.89. The molecule has 3 aromatic rings. The number of nitrogens with zero attached hydrogens (tertiary/aromatic N) is 4. The fourth-order valence-electron chi connectivity index (χ4n) is 2.20. The number of carbonyl (C=O) groups is 1. The molecule has 0 saturated carbocycles. The Morgan fingerprint density at radius 3 is 2.78 bits per heavy atom. The van der Waals surface area contributed by atoms with Crippen molar-refractivity contribution >= 4 is 22.6 Å². The summed E-state index contributed by atoms with van der Waals surface area (Å²) in [4.78, 5) is 28.1. The lowest BCUT2D eigenvalue weighted by molar-refractivity contribution is -0.116. The van der Waals surface area contributed by atoms with E-state index in [1.807, 2.05) is 6.07 Å². The van der Waals surface area contributed by atoms with Crippen molar-refractivity contribution in [1.29, 1.82) is 0 Å². The Labute approximate surface area is 132 Å². The number of pyridine rings is 1. The lowest BCUT2D eigenvalue weighted by Crippen LogP contribution is -2.25. The Balaban J connectivity index is 1.60. The number of aromatic nitrogens is 4. The third-order valence-electron chi connectivity index (χ3n) is 3.34. The number of nitrogens with one attached hydrogen (secondary N) is 1. The summed E-state index contributed by atoms with van der Waals surface area (Å²) < 4.78 is 1.29. The van der Waals surface area contributed by atoms with Gasteiger partial charge in [-0.25, -0.2) is 9.67 Å². The number of rotatable bonds is 5. The lowest BCUT2D eigenvalue weighted by Gasteiger charge is -2.05. The summed E-state index contributed by atoms with van der Waals surface area (Å²) >= 11 is 0. The molecule has 1 amide bonds. The minimum Gasteiger partial charge on any atom is -0.311 e. The van der Waals surface area contributed by atoms with Crippen molar-refractivity contribution in [3.05, 3.63) is 59.0 Å². The maximum atomic E-state index is 12.2. The van der Waals surface area contributed by atoms with E-state index >= 15 is 0 Å². The van der Waals surface area contributed by atoms with E-state index in [0.717, 1.165) is 0 Å². The van der Waals surface area contributed by atoms with E-state index in [2.05, 4.69) is 20.6 Å². The first-order valence-corrected chi connectivity index (χ1v) is 7.27. The molecule has 7 heteroatoms. The number of benzene rings is 1. The summed E-state index contributed by atoms with van der Waals surface area (Å²) in [5, 5.41) is 11.1. The zero-order valence-electron chi connectivity index (χ0n) is 12.3. The molecule has 1 N–H and O–H groups in total. The molecule has 0 aliphatic carbocycles. The topological polar surface area (TPSA) is 89.8 Å². The van der Waals surface area contributed by atoms with Crippen LogP contribution in [0, 0.1) is 0 Å². The molecule has 0 aliphatic heterocycles. The zero-order chi connectivity index (χ0) is 16.1.